The highest BCUT2D eigenvalue weighted by molar-refractivity contribution is 5.69. The largest absolute Gasteiger partial charge is 0.493 e. The molecule has 0 aromatic heterocycles. The average molecular weight is 250 g/mol. The highest BCUT2D eigenvalue weighted by Crippen LogP contribution is 2.23. The smallest absolute Gasteiger partial charge is 0.306 e. The van der Waals surface area contributed by atoms with Gasteiger partial charge in [0.1, 0.15) is 5.75 Å². The van der Waals surface area contributed by atoms with Crippen molar-refractivity contribution in [1.82, 2.24) is 0 Å². The van der Waals surface area contributed by atoms with Gasteiger partial charge < -0.3 is 9.47 Å². The highest BCUT2D eigenvalue weighted by Gasteiger charge is 2.08. The predicted octanol–water partition coefficient (Wildman–Crippen LogP) is 3.22. The number of hydrogen-bond acceptors (Lipinski definition) is 3. The molecule has 0 aliphatic carbocycles. The van der Waals surface area contributed by atoms with E-state index in [2.05, 4.69) is 6.07 Å². The SMILES string of the molecule is CCOC(=O)CC(C)C.c1ccc2c(c1)CCO2. The van der Waals surface area contributed by atoms with Crippen molar-refractivity contribution in [3.8, 4) is 5.75 Å². The average Bonchev–Trinajstić information content (AvgIpc) is 2.77. The lowest BCUT2D eigenvalue weighted by Gasteiger charge is -2.02. The van der Waals surface area contributed by atoms with Crippen LogP contribution in [0.2, 0.25) is 0 Å². The van der Waals surface area contributed by atoms with Gasteiger partial charge in [-0.05, 0) is 24.5 Å². The van der Waals surface area contributed by atoms with E-state index in [0.29, 0.717) is 18.9 Å². The summed E-state index contributed by atoms with van der Waals surface area (Å²) in [5.74, 6) is 1.38. The molecular formula is C15H22O3. The summed E-state index contributed by atoms with van der Waals surface area (Å²) in [6.07, 6.45) is 1.62. The number of carbonyl (C=O) groups excluding carboxylic acids is 1. The Kier molecular flexibility index (Phi) is 6.26. The van der Waals surface area contributed by atoms with E-state index in [1.54, 1.807) is 0 Å². The second-order valence-corrected chi connectivity index (χ2v) is 4.61. The molecule has 1 aromatic rings. The van der Waals surface area contributed by atoms with Crippen LogP contribution in [-0.2, 0) is 16.0 Å². The fourth-order valence-corrected chi connectivity index (χ4v) is 1.68. The number of carbonyl (C=O) groups is 1. The Labute approximate surface area is 109 Å². The van der Waals surface area contributed by atoms with Gasteiger partial charge in [0.15, 0.2) is 0 Å². The van der Waals surface area contributed by atoms with Crippen molar-refractivity contribution in [2.75, 3.05) is 13.2 Å². The molecule has 0 bridgehead atoms. The summed E-state index contributed by atoms with van der Waals surface area (Å²) in [6.45, 7) is 7.16. The topological polar surface area (TPSA) is 35.5 Å². The van der Waals surface area contributed by atoms with Crippen LogP contribution in [0.1, 0.15) is 32.8 Å². The van der Waals surface area contributed by atoms with E-state index in [-0.39, 0.29) is 5.97 Å². The summed E-state index contributed by atoms with van der Waals surface area (Å²) in [5, 5.41) is 0. The standard InChI is InChI=1S/C8H8O.C7H14O2/c1-2-4-8-7(3-1)5-6-9-8;1-4-9-7(8)5-6(2)3/h1-4H,5-6H2;6H,4-5H2,1-3H3. The normalized spacial score (nSPS) is 12.2. The molecule has 0 N–H and O–H groups in total. The van der Waals surface area contributed by atoms with E-state index in [4.69, 9.17) is 9.47 Å². The van der Waals surface area contributed by atoms with Gasteiger partial charge in [0.05, 0.1) is 13.2 Å². The third-order valence-electron chi connectivity index (χ3n) is 2.48. The number of esters is 1. The van der Waals surface area contributed by atoms with Gasteiger partial charge in [-0.15, -0.1) is 0 Å². The van der Waals surface area contributed by atoms with Gasteiger partial charge in [-0.1, -0.05) is 32.0 Å². The van der Waals surface area contributed by atoms with Gasteiger partial charge in [-0.3, -0.25) is 4.79 Å². The van der Waals surface area contributed by atoms with Gasteiger partial charge >= 0.3 is 5.97 Å². The molecule has 100 valence electrons. The first-order valence-corrected chi connectivity index (χ1v) is 6.49. The highest BCUT2D eigenvalue weighted by atomic mass is 16.5. The van der Waals surface area contributed by atoms with Gasteiger partial charge in [-0.25, -0.2) is 0 Å². The number of rotatable bonds is 3. The molecular weight excluding hydrogens is 228 g/mol. The van der Waals surface area contributed by atoms with E-state index < -0.39 is 0 Å². The lowest BCUT2D eigenvalue weighted by Crippen LogP contribution is -2.06. The zero-order chi connectivity index (χ0) is 13.4. The third-order valence-corrected chi connectivity index (χ3v) is 2.48. The van der Waals surface area contributed by atoms with Gasteiger partial charge in [0.25, 0.3) is 0 Å². The fraction of sp³-hybridized carbons (Fsp3) is 0.533. The van der Waals surface area contributed by atoms with Crippen LogP contribution in [0.25, 0.3) is 0 Å². The van der Waals surface area contributed by atoms with Crippen molar-refractivity contribution in [3.63, 3.8) is 0 Å². The van der Waals surface area contributed by atoms with Crippen LogP contribution in [0.4, 0.5) is 0 Å². The zero-order valence-corrected chi connectivity index (χ0v) is 11.4. The van der Waals surface area contributed by atoms with Crippen molar-refractivity contribution < 1.29 is 14.3 Å². The van der Waals surface area contributed by atoms with Crippen LogP contribution in [0.15, 0.2) is 24.3 Å². The van der Waals surface area contributed by atoms with Crippen molar-refractivity contribution >= 4 is 5.97 Å². The van der Waals surface area contributed by atoms with Gasteiger partial charge in [0, 0.05) is 12.8 Å². The van der Waals surface area contributed by atoms with Gasteiger partial charge in [-0.2, -0.15) is 0 Å². The van der Waals surface area contributed by atoms with Crippen LogP contribution in [-0.4, -0.2) is 19.2 Å². The van der Waals surface area contributed by atoms with Crippen molar-refractivity contribution in [2.45, 2.75) is 33.6 Å². The maximum Gasteiger partial charge on any atom is 0.306 e. The quantitative estimate of drug-likeness (QED) is 0.773. The molecule has 3 heteroatoms. The first-order chi connectivity index (χ1) is 8.63. The molecule has 3 nitrogen and oxygen atoms in total. The first-order valence-electron chi connectivity index (χ1n) is 6.49. The molecule has 0 spiro atoms. The van der Waals surface area contributed by atoms with Crippen LogP contribution < -0.4 is 4.74 Å². The van der Waals surface area contributed by atoms with E-state index in [0.717, 1.165) is 18.8 Å². The molecule has 18 heavy (non-hydrogen) atoms. The minimum Gasteiger partial charge on any atom is -0.493 e. The lowest BCUT2D eigenvalue weighted by atomic mass is 10.1. The Morgan fingerprint density at radius 2 is 2.11 bits per heavy atom. The maximum atomic E-state index is 10.6. The van der Waals surface area contributed by atoms with E-state index in [1.807, 2.05) is 39.0 Å². The van der Waals surface area contributed by atoms with Crippen LogP contribution >= 0.6 is 0 Å². The number of para-hydroxylation sites is 1. The predicted molar refractivity (Wildman–Crippen MR) is 71.7 cm³/mol. The summed E-state index contributed by atoms with van der Waals surface area (Å²) in [5.41, 5.74) is 1.34. The zero-order valence-electron chi connectivity index (χ0n) is 11.4. The molecule has 1 aromatic carbocycles. The lowest BCUT2D eigenvalue weighted by molar-refractivity contribution is -0.143. The Hall–Kier alpha value is -1.51. The summed E-state index contributed by atoms with van der Waals surface area (Å²) >= 11 is 0. The second kappa shape index (κ2) is 7.75. The van der Waals surface area contributed by atoms with Crippen molar-refractivity contribution in [1.29, 1.82) is 0 Å². The molecule has 0 unspecified atom stereocenters. The summed E-state index contributed by atoms with van der Waals surface area (Å²) < 4.78 is 10.0. The maximum absolute atomic E-state index is 10.6. The molecule has 1 aliphatic rings. The Morgan fingerprint density at radius 1 is 1.39 bits per heavy atom. The molecule has 0 saturated carbocycles. The Morgan fingerprint density at radius 3 is 2.72 bits per heavy atom. The number of fused-ring (bicyclic) bond motifs is 1. The molecule has 0 amide bonds. The Balaban J connectivity index is 0.000000180. The minimum atomic E-state index is -0.0903. The van der Waals surface area contributed by atoms with Gasteiger partial charge in [0.2, 0.25) is 0 Å². The van der Waals surface area contributed by atoms with Crippen LogP contribution in [0, 0.1) is 5.92 Å². The number of benzene rings is 1. The first kappa shape index (κ1) is 14.6. The third kappa shape index (κ3) is 5.21. The number of hydrogen-bond donors (Lipinski definition) is 0. The van der Waals surface area contributed by atoms with Crippen LogP contribution in [0.5, 0.6) is 5.75 Å². The molecule has 2 rings (SSSR count). The van der Waals surface area contributed by atoms with Crippen molar-refractivity contribution in [2.24, 2.45) is 5.92 Å². The molecule has 0 atom stereocenters. The van der Waals surface area contributed by atoms with E-state index >= 15 is 0 Å². The summed E-state index contributed by atoms with van der Waals surface area (Å²) in [7, 11) is 0. The summed E-state index contributed by atoms with van der Waals surface area (Å²) in [4.78, 5) is 10.6. The van der Waals surface area contributed by atoms with E-state index in [9.17, 15) is 4.79 Å². The number of ether oxygens (including phenoxy) is 2. The molecule has 0 radical (unpaired) electrons. The monoisotopic (exact) mass is 250 g/mol. The van der Waals surface area contributed by atoms with Crippen molar-refractivity contribution in [3.05, 3.63) is 29.8 Å². The fourth-order valence-electron chi connectivity index (χ4n) is 1.68. The molecule has 1 heterocycles. The molecule has 0 fully saturated rings. The minimum absolute atomic E-state index is 0.0903. The Bertz CT molecular complexity index is 349. The molecule has 0 saturated heterocycles. The van der Waals surface area contributed by atoms with Crippen LogP contribution in [0.3, 0.4) is 0 Å². The second-order valence-electron chi connectivity index (χ2n) is 4.61. The molecule has 1 aliphatic heterocycles. The summed E-state index contributed by atoms with van der Waals surface area (Å²) in [6, 6.07) is 8.18. The van der Waals surface area contributed by atoms with E-state index in [1.165, 1.54) is 5.56 Å².